The van der Waals surface area contributed by atoms with Crippen LogP contribution in [-0.2, 0) is 19.3 Å². The number of aromatic nitrogens is 1. The third-order valence-corrected chi connectivity index (χ3v) is 3.86. The van der Waals surface area contributed by atoms with Crippen LogP contribution in [0.3, 0.4) is 0 Å². The molecule has 0 amide bonds. The van der Waals surface area contributed by atoms with Crippen molar-refractivity contribution < 1.29 is 0 Å². The van der Waals surface area contributed by atoms with Gasteiger partial charge >= 0.3 is 0 Å². The number of pyridine rings is 1. The Labute approximate surface area is 124 Å². The van der Waals surface area contributed by atoms with Crippen molar-refractivity contribution in [3.05, 3.63) is 52.7 Å². The molecule has 0 saturated carbocycles. The Kier molecular flexibility index (Phi) is 3.74. The van der Waals surface area contributed by atoms with Crippen LogP contribution >= 0.6 is 0 Å². The van der Waals surface area contributed by atoms with Gasteiger partial charge in [0.2, 0.25) is 0 Å². The Bertz CT molecular complexity index is 683. The number of nitrogens with zero attached hydrogens (tertiary/aromatic N) is 2. The van der Waals surface area contributed by atoms with E-state index in [0.29, 0.717) is 11.4 Å². The molecular weight excluding hydrogens is 260 g/mol. The maximum Gasteiger partial charge on any atom is 0.144 e. The number of rotatable bonds is 4. The van der Waals surface area contributed by atoms with Crippen molar-refractivity contribution in [3.8, 4) is 6.07 Å². The first-order chi connectivity index (χ1) is 10.3. The van der Waals surface area contributed by atoms with Crippen molar-refractivity contribution >= 4 is 11.5 Å². The Balaban J connectivity index is 1.68. The predicted octanol–water partition coefficient (Wildman–Crippen LogP) is 2.68. The molecule has 4 nitrogen and oxygen atoms in total. The maximum atomic E-state index is 9.25. The van der Waals surface area contributed by atoms with Gasteiger partial charge in [0.25, 0.3) is 0 Å². The van der Waals surface area contributed by atoms with Crippen molar-refractivity contribution in [1.82, 2.24) is 4.98 Å². The Morgan fingerprint density at radius 3 is 2.81 bits per heavy atom. The van der Waals surface area contributed by atoms with Crippen LogP contribution in [0.4, 0.5) is 11.5 Å². The van der Waals surface area contributed by atoms with Crippen LogP contribution in [-0.4, -0.2) is 11.5 Å². The largest absolute Gasteiger partial charge is 0.399 e. The standard InChI is InChI=1S/C17H18N4/c18-11-14-10-13-2-1-3-16(13)21-17(14)20-9-8-12-4-6-15(19)7-5-12/h4-7,10H,1-3,8-9,19H2,(H,20,21). The van der Waals surface area contributed by atoms with Crippen LogP contribution in [0, 0.1) is 11.3 Å². The third-order valence-electron chi connectivity index (χ3n) is 3.86. The fraction of sp³-hybridized carbons (Fsp3) is 0.294. The fourth-order valence-electron chi connectivity index (χ4n) is 2.70. The van der Waals surface area contributed by atoms with E-state index in [-0.39, 0.29) is 0 Å². The second-order valence-corrected chi connectivity index (χ2v) is 5.37. The summed E-state index contributed by atoms with van der Waals surface area (Å²) in [5.74, 6) is 0.716. The number of nitrogens with two attached hydrogens (primary N) is 1. The number of hydrogen-bond donors (Lipinski definition) is 2. The molecular formula is C17H18N4. The molecule has 0 radical (unpaired) electrons. The van der Waals surface area contributed by atoms with Gasteiger partial charge in [-0.05, 0) is 55.0 Å². The van der Waals surface area contributed by atoms with Gasteiger partial charge in [-0.3, -0.25) is 0 Å². The van der Waals surface area contributed by atoms with E-state index in [1.807, 2.05) is 30.3 Å². The highest BCUT2D eigenvalue weighted by molar-refractivity contribution is 5.55. The van der Waals surface area contributed by atoms with Crippen molar-refractivity contribution in [2.75, 3.05) is 17.6 Å². The van der Waals surface area contributed by atoms with E-state index >= 15 is 0 Å². The van der Waals surface area contributed by atoms with Crippen LogP contribution in [0.25, 0.3) is 0 Å². The van der Waals surface area contributed by atoms with Crippen LogP contribution in [0.1, 0.15) is 28.8 Å². The van der Waals surface area contributed by atoms with Crippen LogP contribution in [0.5, 0.6) is 0 Å². The molecule has 0 unspecified atom stereocenters. The molecule has 3 N–H and O–H groups in total. The van der Waals surface area contributed by atoms with E-state index in [9.17, 15) is 5.26 Å². The van der Waals surface area contributed by atoms with E-state index in [1.54, 1.807) is 0 Å². The molecule has 0 aliphatic heterocycles. The van der Waals surface area contributed by atoms with Gasteiger partial charge in [-0.2, -0.15) is 5.26 Å². The summed E-state index contributed by atoms with van der Waals surface area (Å²) in [6, 6.07) is 12.1. The minimum atomic E-state index is 0.646. The molecule has 0 bridgehead atoms. The first-order valence-electron chi connectivity index (χ1n) is 7.27. The highest BCUT2D eigenvalue weighted by Crippen LogP contribution is 2.24. The van der Waals surface area contributed by atoms with Gasteiger partial charge in [-0.15, -0.1) is 0 Å². The predicted molar refractivity (Wildman–Crippen MR) is 84.0 cm³/mol. The second kappa shape index (κ2) is 5.84. The van der Waals surface area contributed by atoms with Crippen molar-refractivity contribution in [2.24, 2.45) is 0 Å². The Morgan fingerprint density at radius 2 is 2.05 bits per heavy atom. The minimum Gasteiger partial charge on any atom is -0.399 e. The smallest absolute Gasteiger partial charge is 0.144 e. The van der Waals surface area contributed by atoms with Crippen molar-refractivity contribution in [1.29, 1.82) is 5.26 Å². The molecule has 0 fully saturated rings. The molecule has 0 atom stereocenters. The number of fused-ring (bicyclic) bond motifs is 1. The summed E-state index contributed by atoms with van der Waals surface area (Å²) in [5, 5.41) is 12.5. The summed E-state index contributed by atoms with van der Waals surface area (Å²) < 4.78 is 0. The molecule has 0 saturated heterocycles. The number of benzene rings is 1. The maximum absolute atomic E-state index is 9.25. The van der Waals surface area contributed by atoms with E-state index < -0.39 is 0 Å². The van der Waals surface area contributed by atoms with Crippen LogP contribution < -0.4 is 11.1 Å². The molecule has 4 heteroatoms. The lowest BCUT2D eigenvalue weighted by Crippen LogP contribution is -2.09. The molecule has 1 aliphatic rings. The SMILES string of the molecule is N#Cc1cc2c(nc1NCCc1ccc(N)cc1)CCC2. The number of hydrogen-bond acceptors (Lipinski definition) is 4. The molecule has 106 valence electrons. The summed E-state index contributed by atoms with van der Waals surface area (Å²) in [7, 11) is 0. The van der Waals surface area contributed by atoms with E-state index in [4.69, 9.17) is 5.73 Å². The van der Waals surface area contributed by atoms with Gasteiger partial charge in [-0.1, -0.05) is 12.1 Å². The Hall–Kier alpha value is -2.54. The highest BCUT2D eigenvalue weighted by atomic mass is 15.0. The monoisotopic (exact) mass is 278 g/mol. The van der Waals surface area contributed by atoms with E-state index in [1.165, 1.54) is 11.1 Å². The normalized spacial score (nSPS) is 12.7. The first kappa shape index (κ1) is 13.4. The molecule has 21 heavy (non-hydrogen) atoms. The lowest BCUT2D eigenvalue weighted by molar-refractivity contribution is 0.898. The zero-order chi connectivity index (χ0) is 14.7. The van der Waals surface area contributed by atoms with Gasteiger partial charge in [0.05, 0.1) is 5.56 Å². The molecule has 1 aliphatic carbocycles. The number of nitrogen functional groups attached to an aromatic ring is 1. The third kappa shape index (κ3) is 2.97. The Morgan fingerprint density at radius 1 is 1.24 bits per heavy atom. The summed E-state index contributed by atoms with van der Waals surface area (Å²) in [5.41, 5.74) is 10.7. The zero-order valence-electron chi connectivity index (χ0n) is 11.9. The van der Waals surface area contributed by atoms with Gasteiger partial charge < -0.3 is 11.1 Å². The fourth-order valence-corrected chi connectivity index (χ4v) is 2.70. The van der Waals surface area contributed by atoms with Crippen LogP contribution in [0.2, 0.25) is 0 Å². The summed E-state index contributed by atoms with van der Waals surface area (Å²) in [6.45, 7) is 0.754. The molecule has 1 heterocycles. The number of anilines is 2. The average molecular weight is 278 g/mol. The summed E-state index contributed by atoms with van der Waals surface area (Å²) in [6.07, 6.45) is 4.09. The van der Waals surface area contributed by atoms with Crippen molar-refractivity contribution in [2.45, 2.75) is 25.7 Å². The van der Waals surface area contributed by atoms with E-state index in [2.05, 4.69) is 16.4 Å². The van der Waals surface area contributed by atoms with E-state index in [0.717, 1.165) is 43.6 Å². The second-order valence-electron chi connectivity index (χ2n) is 5.37. The average Bonchev–Trinajstić information content (AvgIpc) is 2.95. The topological polar surface area (TPSA) is 74.7 Å². The van der Waals surface area contributed by atoms with Gasteiger partial charge in [0, 0.05) is 17.9 Å². The van der Waals surface area contributed by atoms with Crippen molar-refractivity contribution in [3.63, 3.8) is 0 Å². The van der Waals surface area contributed by atoms with Gasteiger partial charge in [0.1, 0.15) is 11.9 Å². The zero-order valence-corrected chi connectivity index (χ0v) is 11.9. The molecule has 1 aromatic heterocycles. The number of aryl methyl sites for hydroxylation is 2. The lowest BCUT2D eigenvalue weighted by atomic mass is 10.1. The lowest BCUT2D eigenvalue weighted by Gasteiger charge is -2.10. The highest BCUT2D eigenvalue weighted by Gasteiger charge is 2.16. The van der Waals surface area contributed by atoms with Gasteiger partial charge in [-0.25, -0.2) is 4.98 Å². The molecule has 0 spiro atoms. The van der Waals surface area contributed by atoms with Crippen LogP contribution in [0.15, 0.2) is 30.3 Å². The molecule has 2 aromatic rings. The summed E-state index contributed by atoms with van der Waals surface area (Å²) >= 11 is 0. The molecule has 1 aromatic carbocycles. The quantitative estimate of drug-likeness (QED) is 0.843. The van der Waals surface area contributed by atoms with Gasteiger partial charge in [0.15, 0.2) is 0 Å². The molecule has 3 rings (SSSR count). The first-order valence-corrected chi connectivity index (χ1v) is 7.27. The minimum absolute atomic E-state index is 0.646. The number of nitrogens with one attached hydrogen (secondary N) is 1. The summed E-state index contributed by atoms with van der Waals surface area (Å²) in [4.78, 5) is 4.62. The number of nitriles is 1.